The number of amides is 1. The molecule has 5 heteroatoms. The zero-order valence-electron chi connectivity index (χ0n) is 14.6. The van der Waals surface area contributed by atoms with Gasteiger partial charge < -0.3 is 19.5 Å². The third-order valence-corrected chi connectivity index (χ3v) is 3.67. The van der Waals surface area contributed by atoms with Crippen LogP contribution in [-0.4, -0.2) is 32.8 Å². The second kappa shape index (κ2) is 7.77. The Morgan fingerprint density at radius 2 is 1.78 bits per heavy atom. The number of hydrogen-bond donors (Lipinski definition) is 1. The van der Waals surface area contributed by atoms with Gasteiger partial charge in [-0.15, -0.1) is 6.42 Å². The normalized spacial score (nSPS) is 12.0. The average Bonchev–Trinajstić information content (AvgIpc) is 2.50. The molecule has 1 aromatic rings. The molecule has 126 valence electrons. The van der Waals surface area contributed by atoms with E-state index in [4.69, 9.17) is 20.6 Å². The molecule has 0 spiro atoms. The third-order valence-electron chi connectivity index (χ3n) is 3.67. The van der Waals surface area contributed by atoms with Crippen molar-refractivity contribution in [1.82, 2.24) is 5.32 Å². The van der Waals surface area contributed by atoms with Crippen LogP contribution >= 0.6 is 0 Å². The van der Waals surface area contributed by atoms with Crippen LogP contribution < -0.4 is 19.5 Å². The van der Waals surface area contributed by atoms with Gasteiger partial charge >= 0.3 is 0 Å². The molecule has 0 aliphatic rings. The van der Waals surface area contributed by atoms with E-state index in [1.165, 1.54) is 14.2 Å². The summed E-state index contributed by atoms with van der Waals surface area (Å²) in [5.41, 5.74) is 0.391. The van der Waals surface area contributed by atoms with Crippen LogP contribution in [0.25, 0.3) is 0 Å². The molecular weight excluding hydrogens is 294 g/mol. The maximum atomic E-state index is 12.5. The first-order chi connectivity index (χ1) is 10.7. The highest BCUT2D eigenvalue weighted by molar-refractivity contribution is 5.95. The Labute approximate surface area is 138 Å². The molecule has 1 amide bonds. The van der Waals surface area contributed by atoms with Gasteiger partial charge in [0.15, 0.2) is 11.5 Å². The summed E-state index contributed by atoms with van der Waals surface area (Å²) >= 11 is 0. The van der Waals surface area contributed by atoms with Crippen molar-refractivity contribution >= 4 is 5.91 Å². The van der Waals surface area contributed by atoms with Gasteiger partial charge in [-0.3, -0.25) is 4.79 Å². The smallest absolute Gasteiger partial charge is 0.251 e. The lowest BCUT2D eigenvalue weighted by Crippen LogP contribution is -2.41. The number of benzene rings is 1. The van der Waals surface area contributed by atoms with Crippen LogP contribution in [0.3, 0.4) is 0 Å². The summed E-state index contributed by atoms with van der Waals surface area (Å²) < 4.78 is 16.0. The summed E-state index contributed by atoms with van der Waals surface area (Å²) in [6.45, 7) is 8.25. The molecule has 5 nitrogen and oxygen atoms in total. The molecule has 0 unspecified atom stereocenters. The number of carbonyl (C=O) groups is 1. The molecule has 0 heterocycles. The van der Waals surface area contributed by atoms with Gasteiger partial charge in [-0.1, -0.05) is 26.7 Å². The molecule has 1 rings (SSSR count). The van der Waals surface area contributed by atoms with Crippen molar-refractivity contribution in [2.75, 3.05) is 20.8 Å². The molecule has 0 aliphatic carbocycles. The third kappa shape index (κ3) is 4.82. The molecule has 0 saturated carbocycles. The van der Waals surface area contributed by atoms with E-state index in [-0.39, 0.29) is 24.0 Å². The molecule has 1 N–H and O–H groups in total. The van der Waals surface area contributed by atoms with Crippen molar-refractivity contribution in [3.05, 3.63) is 17.7 Å². The number of rotatable bonds is 6. The first-order valence-electron chi connectivity index (χ1n) is 7.37. The number of nitrogens with one attached hydrogen (secondary N) is 1. The summed E-state index contributed by atoms with van der Waals surface area (Å²) in [4.78, 5) is 12.5. The Morgan fingerprint density at radius 3 is 2.17 bits per heavy atom. The van der Waals surface area contributed by atoms with Gasteiger partial charge in [0.2, 0.25) is 5.75 Å². The van der Waals surface area contributed by atoms with Gasteiger partial charge in [0.25, 0.3) is 5.91 Å². The number of ether oxygens (including phenoxy) is 3. The van der Waals surface area contributed by atoms with Gasteiger partial charge in [0, 0.05) is 11.6 Å². The number of carbonyl (C=O) groups excluding carboxylic acids is 1. The molecule has 0 bridgehead atoms. The Balaban J connectivity index is 3.13. The van der Waals surface area contributed by atoms with Crippen molar-refractivity contribution in [2.45, 2.75) is 33.7 Å². The summed E-state index contributed by atoms with van der Waals surface area (Å²) in [7, 11) is 2.99. The molecule has 1 aromatic carbocycles. The molecule has 1 atom stereocenters. The van der Waals surface area contributed by atoms with Crippen LogP contribution in [0.4, 0.5) is 0 Å². The Hall–Kier alpha value is -2.35. The van der Waals surface area contributed by atoms with Gasteiger partial charge in [0.05, 0.1) is 14.2 Å². The molecule has 0 aliphatic heterocycles. The van der Waals surface area contributed by atoms with Crippen LogP contribution in [0.15, 0.2) is 12.1 Å². The quantitative estimate of drug-likeness (QED) is 0.819. The van der Waals surface area contributed by atoms with Crippen LogP contribution in [0.5, 0.6) is 17.2 Å². The predicted molar refractivity (Wildman–Crippen MR) is 90.3 cm³/mol. The van der Waals surface area contributed by atoms with E-state index in [0.29, 0.717) is 22.8 Å². The molecule has 23 heavy (non-hydrogen) atoms. The van der Waals surface area contributed by atoms with Crippen LogP contribution in [-0.2, 0) is 0 Å². The SMILES string of the molecule is C#CCOc1c(OC)cc(C(=O)N[C@@H](C)C(C)(C)C)cc1OC. The zero-order valence-corrected chi connectivity index (χ0v) is 14.6. The minimum absolute atomic E-state index is 0.00403. The fourth-order valence-corrected chi connectivity index (χ4v) is 1.76. The monoisotopic (exact) mass is 319 g/mol. The highest BCUT2D eigenvalue weighted by atomic mass is 16.5. The largest absolute Gasteiger partial charge is 0.493 e. The highest BCUT2D eigenvalue weighted by Gasteiger charge is 2.24. The molecule has 0 saturated heterocycles. The molecular formula is C18H25NO4. The molecule has 0 radical (unpaired) electrons. The second-order valence-electron chi connectivity index (χ2n) is 6.26. The van der Waals surface area contributed by atoms with E-state index < -0.39 is 0 Å². The van der Waals surface area contributed by atoms with Gasteiger partial charge in [-0.2, -0.15) is 0 Å². The average molecular weight is 319 g/mol. The van der Waals surface area contributed by atoms with Gasteiger partial charge in [-0.05, 0) is 24.5 Å². The second-order valence-corrected chi connectivity index (χ2v) is 6.26. The zero-order chi connectivity index (χ0) is 17.6. The maximum absolute atomic E-state index is 12.5. The van der Waals surface area contributed by atoms with Gasteiger partial charge in [-0.25, -0.2) is 0 Å². The van der Waals surface area contributed by atoms with Crippen molar-refractivity contribution < 1.29 is 19.0 Å². The lowest BCUT2D eigenvalue weighted by molar-refractivity contribution is 0.0909. The summed E-state index contributed by atoms with van der Waals surface area (Å²) in [6, 6.07) is 3.22. The Morgan fingerprint density at radius 1 is 1.26 bits per heavy atom. The van der Waals surface area contributed by atoms with E-state index in [0.717, 1.165) is 0 Å². The maximum Gasteiger partial charge on any atom is 0.251 e. The fourth-order valence-electron chi connectivity index (χ4n) is 1.76. The van der Waals surface area contributed by atoms with E-state index in [2.05, 4.69) is 32.0 Å². The van der Waals surface area contributed by atoms with Crippen molar-refractivity contribution in [3.8, 4) is 29.6 Å². The van der Waals surface area contributed by atoms with E-state index in [1.54, 1.807) is 12.1 Å². The molecule has 0 fully saturated rings. The minimum Gasteiger partial charge on any atom is -0.493 e. The van der Waals surface area contributed by atoms with E-state index in [1.807, 2.05) is 6.92 Å². The van der Waals surface area contributed by atoms with E-state index >= 15 is 0 Å². The minimum atomic E-state index is -0.201. The van der Waals surface area contributed by atoms with Gasteiger partial charge in [0.1, 0.15) is 6.61 Å². The van der Waals surface area contributed by atoms with E-state index in [9.17, 15) is 4.79 Å². The van der Waals surface area contributed by atoms with Crippen molar-refractivity contribution in [3.63, 3.8) is 0 Å². The summed E-state index contributed by atoms with van der Waals surface area (Å²) in [5, 5.41) is 2.98. The Kier molecular flexibility index (Phi) is 6.32. The van der Waals surface area contributed by atoms with Crippen LogP contribution in [0.1, 0.15) is 38.1 Å². The standard InChI is InChI=1S/C18H25NO4/c1-8-9-23-16-14(21-6)10-13(11-15(16)22-7)17(20)19-12(2)18(3,4)5/h1,10-12H,9H2,2-7H3,(H,19,20)/t12-/m0/s1. The molecule has 0 aromatic heterocycles. The summed E-state index contributed by atoms with van der Waals surface area (Å²) in [6.07, 6.45) is 5.21. The number of hydrogen-bond acceptors (Lipinski definition) is 4. The fraction of sp³-hybridized carbons (Fsp3) is 0.500. The number of terminal acetylenes is 1. The topological polar surface area (TPSA) is 56.8 Å². The van der Waals surface area contributed by atoms with Crippen molar-refractivity contribution in [1.29, 1.82) is 0 Å². The predicted octanol–water partition coefficient (Wildman–Crippen LogP) is 2.88. The highest BCUT2D eigenvalue weighted by Crippen LogP contribution is 2.38. The summed E-state index contributed by atoms with van der Waals surface area (Å²) in [5.74, 6) is 3.36. The Bertz CT molecular complexity index is 571. The number of methoxy groups -OCH3 is 2. The van der Waals surface area contributed by atoms with Crippen molar-refractivity contribution in [2.24, 2.45) is 5.41 Å². The van der Waals surface area contributed by atoms with Crippen LogP contribution in [0.2, 0.25) is 0 Å². The van der Waals surface area contributed by atoms with Crippen LogP contribution in [0, 0.1) is 17.8 Å². The first kappa shape index (κ1) is 18.7. The lowest BCUT2D eigenvalue weighted by atomic mass is 9.88. The first-order valence-corrected chi connectivity index (χ1v) is 7.37. The lowest BCUT2D eigenvalue weighted by Gasteiger charge is -2.28.